The quantitative estimate of drug-likeness (QED) is 0.641. The highest BCUT2D eigenvalue weighted by atomic mass is 16.5. The molecular weight excluding hydrogens is 350 g/mol. The topological polar surface area (TPSA) is 63.2 Å². The summed E-state index contributed by atoms with van der Waals surface area (Å²) in [7, 11) is 1.65. The smallest absolute Gasteiger partial charge is 0.252 e. The Bertz CT molecular complexity index is 970. The van der Waals surface area contributed by atoms with E-state index in [-0.39, 0.29) is 5.91 Å². The first kappa shape index (κ1) is 19.4. The number of methoxy groups -OCH3 is 1. The van der Waals surface area contributed by atoms with Crippen LogP contribution in [0.1, 0.15) is 27.0 Å². The summed E-state index contributed by atoms with van der Waals surface area (Å²) in [4.78, 5) is 16.7. The first-order chi connectivity index (χ1) is 13.5. The number of aryl methyl sites for hydroxylation is 2. The zero-order valence-electron chi connectivity index (χ0n) is 16.5. The van der Waals surface area contributed by atoms with Gasteiger partial charge in [-0.2, -0.15) is 0 Å². The lowest BCUT2D eigenvalue weighted by Gasteiger charge is -2.11. The maximum absolute atomic E-state index is 12.5. The molecule has 5 nitrogen and oxygen atoms in total. The number of carbonyl (C=O) groups is 1. The van der Waals surface area contributed by atoms with Gasteiger partial charge in [0.2, 0.25) is 0 Å². The minimum atomic E-state index is -0.139. The number of carbonyl (C=O) groups excluding carboxylic acids is 1. The van der Waals surface area contributed by atoms with Crippen LogP contribution >= 0.6 is 0 Å². The monoisotopic (exact) mass is 375 g/mol. The summed E-state index contributed by atoms with van der Waals surface area (Å²) in [5.41, 5.74) is 5.79. The molecule has 1 aromatic heterocycles. The van der Waals surface area contributed by atoms with Crippen molar-refractivity contribution in [2.24, 2.45) is 0 Å². The Morgan fingerprint density at radius 2 is 1.93 bits per heavy atom. The second kappa shape index (κ2) is 9.04. The molecule has 0 aliphatic rings. The minimum absolute atomic E-state index is 0.139. The lowest BCUT2D eigenvalue weighted by molar-refractivity contribution is 0.0954. The summed E-state index contributed by atoms with van der Waals surface area (Å²) in [5, 5.41) is 6.28. The Morgan fingerprint density at radius 1 is 1.07 bits per heavy atom. The van der Waals surface area contributed by atoms with Crippen molar-refractivity contribution in [1.82, 2.24) is 10.3 Å². The molecule has 5 heteroatoms. The van der Waals surface area contributed by atoms with E-state index in [1.165, 1.54) is 5.56 Å². The molecule has 0 radical (unpaired) electrons. The molecule has 0 bridgehead atoms. The van der Waals surface area contributed by atoms with Gasteiger partial charge in [-0.25, -0.2) is 0 Å². The zero-order chi connectivity index (χ0) is 19.9. The number of benzene rings is 2. The van der Waals surface area contributed by atoms with Gasteiger partial charge in [-0.1, -0.05) is 29.8 Å². The van der Waals surface area contributed by atoms with Crippen molar-refractivity contribution in [3.05, 3.63) is 83.2 Å². The second-order valence-electron chi connectivity index (χ2n) is 6.76. The fourth-order valence-corrected chi connectivity index (χ4v) is 2.99. The average Bonchev–Trinajstić information content (AvgIpc) is 2.70. The van der Waals surface area contributed by atoms with Crippen molar-refractivity contribution < 1.29 is 9.53 Å². The highest BCUT2D eigenvalue weighted by Gasteiger charge is 2.08. The molecule has 0 fully saturated rings. The van der Waals surface area contributed by atoms with E-state index in [2.05, 4.69) is 41.6 Å². The molecule has 1 heterocycles. The molecule has 2 aromatic carbocycles. The van der Waals surface area contributed by atoms with Gasteiger partial charge in [0.15, 0.2) is 0 Å². The van der Waals surface area contributed by atoms with E-state index < -0.39 is 0 Å². The van der Waals surface area contributed by atoms with E-state index in [0.717, 1.165) is 34.7 Å². The summed E-state index contributed by atoms with van der Waals surface area (Å²) >= 11 is 0. The molecular formula is C23H25N3O2. The lowest BCUT2D eigenvalue weighted by atomic mass is 10.1. The Hall–Kier alpha value is -3.34. The molecule has 0 aliphatic heterocycles. The normalized spacial score (nSPS) is 10.4. The number of nitrogens with zero attached hydrogens (tertiary/aromatic N) is 1. The molecule has 0 aliphatic carbocycles. The van der Waals surface area contributed by atoms with Crippen LogP contribution in [0.2, 0.25) is 0 Å². The van der Waals surface area contributed by atoms with E-state index in [0.29, 0.717) is 12.1 Å². The molecule has 0 atom stereocenters. The van der Waals surface area contributed by atoms with Gasteiger partial charge in [0.25, 0.3) is 5.91 Å². The van der Waals surface area contributed by atoms with Crippen LogP contribution in [-0.2, 0) is 6.42 Å². The largest absolute Gasteiger partial charge is 0.497 e. The standard InChI is InChI=1S/C23H25N3O2/c1-16-7-8-22(17(2)11-16)26-20-13-19(14-24-15-20)23(27)25-10-9-18-5-4-6-21(12-18)28-3/h4-8,11-15,26H,9-10H2,1-3H3,(H,25,27). The fourth-order valence-electron chi connectivity index (χ4n) is 2.99. The first-order valence-corrected chi connectivity index (χ1v) is 9.25. The van der Waals surface area contributed by atoms with Crippen molar-refractivity contribution in [2.45, 2.75) is 20.3 Å². The molecule has 0 unspecified atom stereocenters. The predicted octanol–water partition coefficient (Wildman–Crippen LogP) is 4.42. The fraction of sp³-hybridized carbons (Fsp3) is 0.217. The van der Waals surface area contributed by atoms with Gasteiger partial charge in [0, 0.05) is 18.4 Å². The highest BCUT2D eigenvalue weighted by Crippen LogP contribution is 2.21. The molecule has 0 saturated heterocycles. The molecule has 3 aromatic rings. The van der Waals surface area contributed by atoms with Crippen molar-refractivity contribution in [2.75, 3.05) is 19.0 Å². The highest BCUT2D eigenvalue weighted by molar-refractivity contribution is 5.94. The van der Waals surface area contributed by atoms with Crippen LogP contribution in [0.25, 0.3) is 0 Å². The third-order valence-electron chi connectivity index (χ3n) is 4.49. The van der Waals surface area contributed by atoms with E-state index in [4.69, 9.17) is 4.74 Å². The summed E-state index contributed by atoms with van der Waals surface area (Å²) in [6.45, 7) is 4.66. The van der Waals surface area contributed by atoms with E-state index in [1.807, 2.05) is 36.4 Å². The molecule has 2 N–H and O–H groups in total. The number of nitrogens with one attached hydrogen (secondary N) is 2. The summed E-state index contributed by atoms with van der Waals surface area (Å²) in [5.74, 6) is 0.679. The number of aromatic nitrogens is 1. The molecule has 144 valence electrons. The van der Waals surface area contributed by atoms with Crippen LogP contribution in [-0.4, -0.2) is 24.5 Å². The SMILES string of the molecule is COc1cccc(CCNC(=O)c2cncc(Nc3ccc(C)cc3C)c2)c1. The third kappa shape index (κ3) is 5.10. The molecule has 3 rings (SSSR count). The Balaban J connectivity index is 1.60. The lowest BCUT2D eigenvalue weighted by Crippen LogP contribution is -2.25. The maximum atomic E-state index is 12.5. The van der Waals surface area contributed by atoms with Crippen molar-refractivity contribution in [3.8, 4) is 5.75 Å². The average molecular weight is 375 g/mol. The van der Waals surface area contributed by atoms with Crippen LogP contribution in [0.3, 0.4) is 0 Å². The minimum Gasteiger partial charge on any atom is -0.497 e. The predicted molar refractivity (Wildman–Crippen MR) is 112 cm³/mol. The van der Waals surface area contributed by atoms with Crippen molar-refractivity contribution in [3.63, 3.8) is 0 Å². The van der Waals surface area contributed by atoms with Gasteiger partial charge >= 0.3 is 0 Å². The Kier molecular flexibility index (Phi) is 6.27. The van der Waals surface area contributed by atoms with Crippen LogP contribution < -0.4 is 15.4 Å². The van der Waals surface area contributed by atoms with Crippen molar-refractivity contribution in [1.29, 1.82) is 0 Å². The summed E-state index contributed by atoms with van der Waals surface area (Å²) in [6, 6.07) is 15.9. The zero-order valence-corrected chi connectivity index (χ0v) is 16.5. The maximum Gasteiger partial charge on any atom is 0.252 e. The van der Waals surface area contributed by atoms with Crippen LogP contribution in [0.15, 0.2) is 60.9 Å². The van der Waals surface area contributed by atoms with Crippen LogP contribution in [0.4, 0.5) is 11.4 Å². The van der Waals surface area contributed by atoms with Crippen LogP contribution in [0.5, 0.6) is 5.75 Å². The third-order valence-corrected chi connectivity index (χ3v) is 4.49. The summed E-state index contributed by atoms with van der Waals surface area (Å²) < 4.78 is 5.23. The van der Waals surface area contributed by atoms with Gasteiger partial charge in [-0.3, -0.25) is 9.78 Å². The number of ether oxygens (including phenoxy) is 1. The Morgan fingerprint density at radius 3 is 2.71 bits per heavy atom. The van der Waals surface area contributed by atoms with E-state index in [9.17, 15) is 4.79 Å². The molecule has 0 spiro atoms. The number of rotatable bonds is 7. The van der Waals surface area contributed by atoms with Gasteiger partial charge in [-0.15, -0.1) is 0 Å². The number of amides is 1. The molecule has 28 heavy (non-hydrogen) atoms. The van der Waals surface area contributed by atoms with Crippen LogP contribution in [0, 0.1) is 13.8 Å². The van der Waals surface area contributed by atoms with E-state index >= 15 is 0 Å². The second-order valence-corrected chi connectivity index (χ2v) is 6.76. The number of hydrogen-bond donors (Lipinski definition) is 2. The number of anilines is 2. The number of pyridine rings is 1. The first-order valence-electron chi connectivity index (χ1n) is 9.25. The summed E-state index contributed by atoms with van der Waals surface area (Å²) in [6.07, 6.45) is 4.03. The number of hydrogen-bond acceptors (Lipinski definition) is 4. The van der Waals surface area contributed by atoms with E-state index in [1.54, 1.807) is 19.5 Å². The van der Waals surface area contributed by atoms with Crippen molar-refractivity contribution >= 4 is 17.3 Å². The Labute approximate surface area is 165 Å². The van der Waals surface area contributed by atoms with Gasteiger partial charge in [0.1, 0.15) is 5.75 Å². The molecule has 0 saturated carbocycles. The molecule has 1 amide bonds. The van der Waals surface area contributed by atoms with Gasteiger partial charge in [-0.05, 0) is 55.7 Å². The van der Waals surface area contributed by atoms with Gasteiger partial charge in [0.05, 0.1) is 24.6 Å². The van der Waals surface area contributed by atoms with Gasteiger partial charge < -0.3 is 15.4 Å².